The highest BCUT2D eigenvalue weighted by atomic mass is 16.1. The monoisotopic (exact) mass is 207 g/mol. The van der Waals surface area contributed by atoms with Crippen LogP contribution in [0.25, 0.3) is 0 Å². The van der Waals surface area contributed by atoms with E-state index in [4.69, 9.17) is 0 Å². The van der Waals surface area contributed by atoms with Crippen LogP contribution in [0.3, 0.4) is 0 Å². The van der Waals surface area contributed by atoms with Crippen molar-refractivity contribution in [2.45, 2.75) is 32.7 Å². The van der Waals surface area contributed by atoms with E-state index in [2.05, 4.69) is 16.9 Å². The van der Waals surface area contributed by atoms with Crippen molar-refractivity contribution in [3.63, 3.8) is 0 Å². The number of aromatic nitrogens is 2. The second-order valence-corrected chi connectivity index (χ2v) is 4.31. The van der Waals surface area contributed by atoms with Gasteiger partial charge in [-0.15, -0.1) is 0 Å². The highest BCUT2D eigenvalue weighted by Gasteiger charge is 2.25. The van der Waals surface area contributed by atoms with Crippen molar-refractivity contribution in [2.24, 2.45) is 7.05 Å². The number of hydrogen-bond donors (Lipinski definition) is 0. The van der Waals surface area contributed by atoms with E-state index in [9.17, 15) is 4.79 Å². The lowest BCUT2D eigenvalue weighted by Crippen LogP contribution is -2.41. The summed E-state index contributed by atoms with van der Waals surface area (Å²) in [6.45, 7) is 4.94. The molecule has 0 aromatic carbocycles. The fourth-order valence-electron chi connectivity index (χ4n) is 2.23. The zero-order chi connectivity index (χ0) is 11.0. The standard InChI is InChI=1S/C11H17N3O/c1-8-6-10(15)4-5-14(8)11-7-13(3)12-9(11)2/h7-8H,4-6H2,1-3H3. The van der Waals surface area contributed by atoms with E-state index in [1.165, 1.54) is 0 Å². The molecule has 82 valence electrons. The fourth-order valence-corrected chi connectivity index (χ4v) is 2.23. The van der Waals surface area contributed by atoms with Gasteiger partial charge in [0, 0.05) is 38.7 Å². The molecule has 0 amide bonds. The van der Waals surface area contributed by atoms with Crippen LogP contribution in [0.1, 0.15) is 25.5 Å². The molecular weight excluding hydrogens is 190 g/mol. The second kappa shape index (κ2) is 3.68. The van der Waals surface area contributed by atoms with Crippen molar-refractivity contribution in [3.05, 3.63) is 11.9 Å². The Bertz CT molecular complexity index is 383. The van der Waals surface area contributed by atoms with E-state index >= 15 is 0 Å². The minimum absolute atomic E-state index is 0.300. The predicted octanol–water partition coefficient (Wildman–Crippen LogP) is 1.29. The Labute approximate surface area is 89.9 Å². The molecular formula is C11H17N3O. The molecule has 0 saturated carbocycles. The first-order chi connectivity index (χ1) is 7.08. The van der Waals surface area contributed by atoms with Crippen LogP contribution in [-0.4, -0.2) is 28.2 Å². The zero-order valence-electron chi connectivity index (χ0n) is 9.53. The molecule has 1 saturated heterocycles. The summed E-state index contributed by atoms with van der Waals surface area (Å²) in [7, 11) is 1.93. The maximum atomic E-state index is 11.3. The van der Waals surface area contributed by atoms with Crippen LogP contribution in [0, 0.1) is 6.92 Å². The average Bonchev–Trinajstić information content (AvgIpc) is 2.45. The minimum Gasteiger partial charge on any atom is -0.365 e. The number of carbonyl (C=O) groups is 1. The molecule has 0 aliphatic carbocycles. The number of ketones is 1. The summed E-state index contributed by atoms with van der Waals surface area (Å²) >= 11 is 0. The molecule has 0 spiro atoms. The van der Waals surface area contributed by atoms with Crippen molar-refractivity contribution >= 4 is 11.5 Å². The van der Waals surface area contributed by atoms with Gasteiger partial charge in [0.1, 0.15) is 5.78 Å². The maximum Gasteiger partial charge on any atom is 0.136 e. The number of hydrogen-bond acceptors (Lipinski definition) is 3. The number of carbonyl (C=O) groups excluding carboxylic acids is 1. The summed E-state index contributed by atoms with van der Waals surface area (Å²) in [6, 6.07) is 0.300. The minimum atomic E-state index is 0.300. The molecule has 1 aromatic rings. The van der Waals surface area contributed by atoms with Crippen molar-refractivity contribution in [1.82, 2.24) is 9.78 Å². The van der Waals surface area contributed by atoms with Gasteiger partial charge in [-0.05, 0) is 13.8 Å². The van der Waals surface area contributed by atoms with Crippen LogP contribution in [0.2, 0.25) is 0 Å². The normalized spacial score (nSPS) is 22.2. The summed E-state index contributed by atoms with van der Waals surface area (Å²) in [5, 5.41) is 4.33. The molecule has 1 fully saturated rings. The SMILES string of the molecule is Cc1nn(C)cc1N1CCC(=O)CC1C. The van der Waals surface area contributed by atoms with Crippen LogP contribution < -0.4 is 4.90 Å². The summed E-state index contributed by atoms with van der Waals surface area (Å²) in [5.74, 6) is 0.375. The van der Waals surface area contributed by atoms with Crippen molar-refractivity contribution in [3.8, 4) is 0 Å². The molecule has 1 atom stereocenters. The number of anilines is 1. The zero-order valence-corrected chi connectivity index (χ0v) is 9.53. The number of piperidine rings is 1. The fraction of sp³-hybridized carbons (Fsp3) is 0.636. The summed E-state index contributed by atoms with van der Waals surface area (Å²) in [5.41, 5.74) is 2.20. The molecule has 1 unspecified atom stereocenters. The molecule has 1 aliphatic rings. The van der Waals surface area contributed by atoms with Gasteiger partial charge in [0.15, 0.2) is 0 Å². The van der Waals surface area contributed by atoms with Gasteiger partial charge in [0.2, 0.25) is 0 Å². The third-order valence-corrected chi connectivity index (χ3v) is 2.98. The summed E-state index contributed by atoms with van der Waals surface area (Å²) in [4.78, 5) is 13.6. The third kappa shape index (κ3) is 1.89. The molecule has 1 aromatic heterocycles. The molecule has 15 heavy (non-hydrogen) atoms. The van der Waals surface area contributed by atoms with Crippen LogP contribution in [0.5, 0.6) is 0 Å². The molecule has 0 bridgehead atoms. The Morgan fingerprint density at radius 2 is 2.27 bits per heavy atom. The number of rotatable bonds is 1. The third-order valence-electron chi connectivity index (χ3n) is 2.98. The van der Waals surface area contributed by atoms with Gasteiger partial charge in [-0.1, -0.05) is 0 Å². The maximum absolute atomic E-state index is 11.3. The first-order valence-corrected chi connectivity index (χ1v) is 5.36. The summed E-state index contributed by atoms with van der Waals surface area (Å²) in [6.07, 6.45) is 3.36. The van der Waals surface area contributed by atoms with E-state index in [1.807, 2.05) is 24.9 Å². The first kappa shape index (κ1) is 10.2. The summed E-state index contributed by atoms with van der Waals surface area (Å²) < 4.78 is 1.83. The van der Waals surface area contributed by atoms with E-state index in [-0.39, 0.29) is 0 Å². The lowest BCUT2D eigenvalue weighted by atomic mass is 10.0. The molecule has 2 heterocycles. The Hall–Kier alpha value is -1.32. The van der Waals surface area contributed by atoms with Gasteiger partial charge in [-0.2, -0.15) is 5.10 Å². The van der Waals surface area contributed by atoms with Gasteiger partial charge in [0.05, 0.1) is 11.4 Å². The highest BCUT2D eigenvalue weighted by molar-refractivity contribution is 5.81. The topological polar surface area (TPSA) is 38.1 Å². The smallest absolute Gasteiger partial charge is 0.136 e. The van der Waals surface area contributed by atoms with Gasteiger partial charge in [-0.25, -0.2) is 0 Å². The molecule has 1 aliphatic heterocycles. The van der Waals surface area contributed by atoms with Gasteiger partial charge >= 0.3 is 0 Å². The van der Waals surface area contributed by atoms with Crippen LogP contribution in [0.15, 0.2) is 6.20 Å². The average molecular weight is 207 g/mol. The van der Waals surface area contributed by atoms with Gasteiger partial charge in [0.25, 0.3) is 0 Å². The Balaban J connectivity index is 2.23. The van der Waals surface area contributed by atoms with E-state index in [0.29, 0.717) is 24.7 Å². The molecule has 2 rings (SSSR count). The number of aryl methyl sites for hydroxylation is 2. The van der Waals surface area contributed by atoms with E-state index in [1.54, 1.807) is 0 Å². The van der Waals surface area contributed by atoms with Crippen molar-refractivity contribution < 1.29 is 4.79 Å². The molecule has 0 N–H and O–H groups in total. The lowest BCUT2D eigenvalue weighted by Gasteiger charge is -2.34. The number of nitrogens with zero attached hydrogens (tertiary/aromatic N) is 3. The predicted molar refractivity (Wildman–Crippen MR) is 59.0 cm³/mol. The number of Topliss-reactive ketones (excluding diaryl/α,β-unsaturated/α-hetero) is 1. The first-order valence-electron chi connectivity index (χ1n) is 5.36. The molecule has 4 heteroatoms. The van der Waals surface area contributed by atoms with E-state index in [0.717, 1.165) is 17.9 Å². The Kier molecular flexibility index (Phi) is 2.50. The Morgan fingerprint density at radius 1 is 1.53 bits per heavy atom. The van der Waals surface area contributed by atoms with Crippen molar-refractivity contribution in [1.29, 1.82) is 0 Å². The Morgan fingerprint density at radius 3 is 2.80 bits per heavy atom. The van der Waals surface area contributed by atoms with Crippen molar-refractivity contribution in [2.75, 3.05) is 11.4 Å². The van der Waals surface area contributed by atoms with E-state index < -0.39 is 0 Å². The highest BCUT2D eigenvalue weighted by Crippen LogP contribution is 2.25. The quantitative estimate of drug-likeness (QED) is 0.696. The largest absolute Gasteiger partial charge is 0.365 e. The van der Waals surface area contributed by atoms with Gasteiger partial charge < -0.3 is 4.90 Å². The lowest BCUT2D eigenvalue weighted by molar-refractivity contribution is -0.120. The molecule has 0 radical (unpaired) electrons. The second-order valence-electron chi connectivity index (χ2n) is 4.31. The van der Waals surface area contributed by atoms with Gasteiger partial charge in [-0.3, -0.25) is 9.48 Å². The molecule has 4 nitrogen and oxygen atoms in total. The van der Waals surface area contributed by atoms with Crippen LogP contribution in [-0.2, 0) is 11.8 Å². The van der Waals surface area contributed by atoms with Crippen LogP contribution >= 0.6 is 0 Å². The van der Waals surface area contributed by atoms with Crippen LogP contribution in [0.4, 0.5) is 5.69 Å².